The number of hydrogen-bond acceptors (Lipinski definition) is 4. The van der Waals surface area contributed by atoms with Gasteiger partial charge in [0.25, 0.3) is 0 Å². The standard InChI is InChI=1S/C11H21NO3S/c1-7(2)5-8(3)15-11(14)10(6-16)12-9(4)13/h7-8,10,16H,5-6H2,1-4H3,(H,12,13)/t8?,10-/m0/s1. The summed E-state index contributed by atoms with van der Waals surface area (Å²) in [6, 6.07) is -0.657. The summed E-state index contributed by atoms with van der Waals surface area (Å²) < 4.78 is 5.21. The van der Waals surface area contributed by atoms with Gasteiger partial charge in [0.2, 0.25) is 5.91 Å². The molecule has 0 heterocycles. The summed E-state index contributed by atoms with van der Waals surface area (Å²) in [5, 5.41) is 2.50. The molecule has 0 spiro atoms. The molecule has 0 aliphatic heterocycles. The minimum absolute atomic E-state index is 0.136. The first kappa shape index (κ1) is 15.3. The molecule has 0 bridgehead atoms. The Labute approximate surface area is 103 Å². The Morgan fingerprint density at radius 1 is 1.31 bits per heavy atom. The van der Waals surface area contributed by atoms with Crippen molar-refractivity contribution in [2.45, 2.75) is 46.3 Å². The first-order valence-electron chi connectivity index (χ1n) is 5.45. The lowest BCUT2D eigenvalue weighted by atomic mass is 10.1. The van der Waals surface area contributed by atoms with Gasteiger partial charge in [-0.3, -0.25) is 4.79 Å². The van der Waals surface area contributed by atoms with E-state index in [1.54, 1.807) is 0 Å². The number of carbonyl (C=O) groups excluding carboxylic acids is 2. The van der Waals surface area contributed by atoms with Crippen molar-refractivity contribution >= 4 is 24.5 Å². The predicted octanol–water partition coefficient (Wildman–Crippen LogP) is 1.40. The molecule has 0 aliphatic rings. The van der Waals surface area contributed by atoms with E-state index in [0.29, 0.717) is 5.92 Å². The first-order valence-corrected chi connectivity index (χ1v) is 6.08. The molecule has 0 aromatic heterocycles. The molecule has 2 atom stereocenters. The van der Waals surface area contributed by atoms with Crippen LogP contribution in [0.1, 0.15) is 34.1 Å². The zero-order valence-corrected chi connectivity index (χ0v) is 11.2. The average molecular weight is 247 g/mol. The van der Waals surface area contributed by atoms with E-state index < -0.39 is 12.0 Å². The Balaban J connectivity index is 4.15. The lowest BCUT2D eigenvalue weighted by Gasteiger charge is -2.19. The molecule has 0 rings (SSSR count). The minimum Gasteiger partial charge on any atom is -0.461 e. The van der Waals surface area contributed by atoms with E-state index in [4.69, 9.17) is 4.74 Å². The Hall–Kier alpha value is -0.710. The number of ether oxygens (including phenoxy) is 1. The van der Waals surface area contributed by atoms with Gasteiger partial charge in [0.15, 0.2) is 0 Å². The summed E-state index contributed by atoms with van der Waals surface area (Å²) in [5.41, 5.74) is 0. The molecule has 1 unspecified atom stereocenters. The van der Waals surface area contributed by atoms with Gasteiger partial charge in [-0.05, 0) is 19.3 Å². The van der Waals surface area contributed by atoms with Gasteiger partial charge in [0.05, 0.1) is 6.10 Å². The number of thiol groups is 1. The van der Waals surface area contributed by atoms with Crippen LogP contribution in [0, 0.1) is 5.92 Å². The fraction of sp³-hybridized carbons (Fsp3) is 0.818. The van der Waals surface area contributed by atoms with Crippen LogP contribution in [-0.2, 0) is 14.3 Å². The van der Waals surface area contributed by atoms with Gasteiger partial charge in [-0.25, -0.2) is 4.79 Å². The lowest BCUT2D eigenvalue weighted by Crippen LogP contribution is -2.43. The van der Waals surface area contributed by atoms with Crippen LogP contribution in [0.2, 0.25) is 0 Å². The van der Waals surface area contributed by atoms with Crippen LogP contribution in [0.4, 0.5) is 0 Å². The molecular weight excluding hydrogens is 226 g/mol. The van der Waals surface area contributed by atoms with E-state index in [1.807, 2.05) is 6.92 Å². The Kier molecular flexibility index (Phi) is 7.21. The van der Waals surface area contributed by atoms with E-state index in [2.05, 4.69) is 31.8 Å². The summed E-state index contributed by atoms with van der Waals surface area (Å²) in [5.74, 6) is 0.0381. The third kappa shape index (κ3) is 6.71. The summed E-state index contributed by atoms with van der Waals surface area (Å²) in [6.07, 6.45) is 0.675. The van der Waals surface area contributed by atoms with Crippen molar-refractivity contribution in [3.63, 3.8) is 0 Å². The molecule has 1 N–H and O–H groups in total. The van der Waals surface area contributed by atoms with Gasteiger partial charge < -0.3 is 10.1 Å². The second-order valence-corrected chi connectivity index (χ2v) is 4.68. The molecular formula is C11H21NO3S. The first-order chi connectivity index (χ1) is 7.36. The van der Waals surface area contributed by atoms with Crippen LogP contribution in [0.5, 0.6) is 0 Å². The quantitative estimate of drug-likeness (QED) is 0.551. The maximum Gasteiger partial charge on any atom is 0.329 e. The van der Waals surface area contributed by atoms with Crippen LogP contribution >= 0.6 is 12.6 Å². The number of rotatable bonds is 6. The highest BCUT2D eigenvalue weighted by atomic mass is 32.1. The second kappa shape index (κ2) is 7.54. The molecule has 1 amide bonds. The maximum atomic E-state index is 11.6. The fourth-order valence-electron chi connectivity index (χ4n) is 1.42. The zero-order valence-electron chi connectivity index (χ0n) is 10.3. The van der Waals surface area contributed by atoms with E-state index >= 15 is 0 Å². The van der Waals surface area contributed by atoms with Crippen LogP contribution in [0.3, 0.4) is 0 Å². The van der Waals surface area contributed by atoms with Crippen LogP contribution in [0.15, 0.2) is 0 Å². The smallest absolute Gasteiger partial charge is 0.329 e. The van der Waals surface area contributed by atoms with Crippen molar-refractivity contribution in [1.29, 1.82) is 0 Å². The lowest BCUT2D eigenvalue weighted by molar-refractivity contribution is -0.152. The number of esters is 1. The third-order valence-corrected chi connectivity index (χ3v) is 2.33. The topological polar surface area (TPSA) is 55.4 Å². The highest BCUT2D eigenvalue weighted by molar-refractivity contribution is 7.80. The summed E-state index contributed by atoms with van der Waals surface area (Å²) in [7, 11) is 0. The number of amides is 1. The van der Waals surface area contributed by atoms with Crippen molar-refractivity contribution in [2.24, 2.45) is 5.92 Å². The Morgan fingerprint density at radius 3 is 2.25 bits per heavy atom. The molecule has 0 saturated heterocycles. The van der Waals surface area contributed by atoms with E-state index in [1.165, 1.54) is 6.92 Å². The van der Waals surface area contributed by atoms with Gasteiger partial charge in [-0.15, -0.1) is 0 Å². The molecule has 16 heavy (non-hydrogen) atoms. The summed E-state index contributed by atoms with van der Waals surface area (Å²) in [4.78, 5) is 22.4. The molecule has 0 saturated carbocycles. The van der Waals surface area contributed by atoms with Crippen molar-refractivity contribution in [2.75, 3.05) is 5.75 Å². The van der Waals surface area contributed by atoms with E-state index in [-0.39, 0.29) is 17.8 Å². The van der Waals surface area contributed by atoms with Gasteiger partial charge in [0, 0.05) is 12.7 Å². The van der Waals surface area contributed by atoms with E-state index in [0.717, 1.165) is 6.42 Å². The molecule has 0 aromatic rings. The normalized spacial score (nSPS) is 14.4. The number of carbonyl (C=O) groups is 2. The molecule has 94 valence electrons. The van der Waals surface area contributed by atoms with Crippen molar-refractivity contribution in [1.82, 2.24) is 5.32 Å². The molecule has 0 fully saturated rings. The van der Waals surface area contributed by atoms with Gasteiger partial charge in [-0.2, -0.15) is 12.6 Å². The highest BCUT2D eigenvalue weighted by Gasteiger charge is 2.21. The van der Waals surface area contributed by atoms with Crippen LogP contribution < -0.4 is 5.32 Å². The SMILES string of the molecule is CC(=O)N[C@@H](CS)C(=O)OC(C)CC(C)C. The summed E-state index contributed by atoms with van der Waals surface area (Å²) >= 11 is 4.01. The molecule has 0 aromatic carbocycles. The monoisotopic (exact) mass is 247 g/mol. The predicted molar refractivity (Wildman–Crippen MR) is 66.5 cm³/mol. The van der Waals surface area contributed by atoms with Crippen LogP contribution in [-0.4, -0.2) is 29.8 Å². The number of nitrogens with one attached hydrogen (secondary N) is 1. The molecule has 5 heteroatoms. The largest absolute Gasteiger partial charge is 0.461 e. The number of hydrogen-bond donors (Lipinski definition) is 2. The maximum absolute atomic E-state index is 11.6. The van der Waals surface area contributed by atoms with Crippen molar-refractivity contribution in [3.8, 4) is 0 Å². The van der Waals surface area contributed by atoms with Crippen molar-refractivity contribution < 1.29 is 14.3 Å². The molecule has 4 nitrogen and oxygen atoms in total. The zero-order chi connectivity index (χ0) is 12.7. The minimum atomic E-state index is -0.657. The Bertz CT molecular complexity index is 243. The molecule has 0 aliphatic carbocycles. The second-order valence-electron chi connectivity index (χ2n) is 4.31. The van der Waals surface area contributed by atoms with Crippen LogP contribution in [0.25, 0.3) is 0 Å². The third-order valence-electron chi connectivity index (χ3n) is 1.97. The van der Waals surface area contributed by atoms with Gasteiger partial charge in [-0.1, -0.05) is 13.8 Å². The molecule has 0 radical (unpaired) electrons. The van der Waals surface area contributed by atoms with E-state index in [9.17, 15) is 9.59 Å². The van der Waals surface area contributed by atoms with Gasteiger partial charge >= 0.3 is 5.97 Å². The fourth-order valence-corrected chi connectivity index (χ4v) is 1.66. The Morgan fingerprint density at radius 2 is 1.88 bits per heavy atom. The highest BCUT2D eigenvalue weighted by Crippen LogP contribution is 2.08. The summed E-state index contributed by atoms with van der Waals surface area (Å²) in [6.45, 7) is 7.34. The average Bonchev–Trinajstić information content (AvgIpc) is 2.11. The van der Waals surface area contributed by atoms with Gasteiger partial charge in [0.1, 0.15) is 6.04 Å². The van der Waals surface area contributed by atoms with Crippen molar-refractivity contribution in [3.05, 3.63) is 0 Å².